The van der Waals surface area contributed by atoms with Gasteiger partial charge in [-0.1, -0.05) is 74.5 Å². The molecule has 3 aromatic rings. The van der Waals surface area contributed by atoms with Gasteiger partial charge in [0.25, 0.3) is 0 Å². The zero-order valence-electron chi connectivity index (χ0n) is 16.9. The fraction of sp³-hybridized carbons (Fsp3) is 0.360. The summed E-state index contributed by atoms with van der Waals surface area (Å²) in [6.45, 7) is 7.89. The molecule has 1 aromatic heterocycles. The molecule has 1 unspecified atom stereocenters. The summed E-state index contributed by atoms with van der Waals surface area (Å²) in [7, 11) is 0. The maximum Gasteiger partial charge on any atom is 0.107 e. The predicted molar refractivity (Wildman–Crippen MR) is 116 cm³/mol. The molecule has 0 radical (unpaired) electrons. The van der Waals surface area contributed by atoms with Crippen LogP contribution in [0.5, 0.6) is 0 Å². The van der Waals surface area contributed by atoms with Crippen LogP contribution in [0.4, 0.5) is 0 Å². The highest BCUT2D eigenvalue weighted by Gasteiger charge is 2.31. The molecule has 0 spiro atoms. The van der Waals surface area contributed by atoms with Crippen LogP contribution in [0.15, 0.2) is 60.7 Å². The average molecular weight is 375 g/mol. The van der Waals surface area contributed by atoms with Crippen molar-refractivity contribution in [3.05, 3.63) is 72.1 Å². The maximum absolute atomic E-state index is 11.4. The second-order valence-electron chi connectivity index (χ2n) is 7.57. The van der Waals surface area contributed by atoms with E-state index in [0.717, 1.165) is 38.2 Å². The molecule has 2 aromatic carbocycles. The minimum atomic E-state index is -0.496. The van der Waals surface area contributed by atoms with Crippen LogP contribution in [0.3, 0.4) is 0 Å². The number of aliphatic hydroxyl groups excluding tert-OH is 1. The topological polar surface area (TPSA) is 28.4 Å². The predicted octanol–water partition coefficient (Wildman–Crippen LogP) is 5.14. The molecule has 2 heterocycles. The van der Waals surface area contributed by atoms with Gasteiger partial charge in [0.2, 0.25) is 0 Å². The summed E-state index contributed by atoms with van der Waals surface area (Å²) in [6, 6.07) is 21.3. The summed E-state index contributed by atoms with van der Waals surface area (Å²) in [5.41, 5.74) is 7.41. The van der Waals surface area contributed by atoms with E-state index in [1.165, 1.54) is 27.9 Å². The molecule has 146 valence electrons. The van der Waals surface area contributed by atoms with Gasteiger partial charge in [-0.05, 0) is 37.1 Å². The summed E-state index contributed by atoms with van der Waals surface area (Å²) in [4.78, 5) is 2.30. The van der Waals surface area contributed by atoms with Gasteiger partial charge in [-0.15, -0.1) is 0 Å². The fourth-order valence-electron chi connectivity index (χ4n) is 4.58. The van der Waals surface area contributed by atoms with Crippen molar-refractivity contribution in [3.8, 4) is 22.3 Å². The van der Waals surface area contributed by atoms with Gasteiger partial charge < -0.3 is 14.6 Å². The molecule has 3 heteroatoms. The van der Waals surface area contributed by atoms with Crippen LogP contribution in [-0.2, 0) is 13.0 Å². The molecule has 28 heavy (non-hydrogen) atoms. The zero-order valence-corrected chi connectivity index (χ0v) is 16.9. The normalized spacial score (nSPS) is 14.4. The first-order valence-corrected chi connectivity index (χ1v) is 10.5. The summed E-state index contributed by atoms with van der Waals surface area (Å²) < 4.78 is 2.40. The number of fused-ring (bicyclic) bond motifs is 1. The van der Waals surface area contributed by atoms with Crippen LogP contribution in [0, 0.1) is 0 Å². The van der Waals surface area contributed by atoms with Crippen molar-refractivity contribution < 1.29 is 5.11 Å². The van der Waals surface area contributed by atoms with Crippen molar-refractivity contribution in [2.45, 2.75) is 39.3 Å². The molecule has 0 bridgehead atoms. The second kappa shape index (κ2) is 8.34. The highest BCUT2D eigenvalue weighted by Crippen LogP contribution is 2.45. The summed E-state index contributed by atoms with van der Waals surface area (Å²) >= 11 is 0. The third-order valence-corrected chi connectivity index (χ3v) is 5.97. The Labute approximate surface area is 168 Å². The van der Waals surface area contributed by atoms with Gasteiger partial charge in [0, 0.05) is 29.9 Å². The Balaban J connectivity index is 1.93. The van der Waals surface area contributed by atoms with E-state index < -0.39 is 6.10 Å². The molecule has 1 atom stereocenters. The highest BCUT2D eigenvalue weighted by molar-refractivity contribution is 5.88. The molecular weight excluding hydrogens is 344 g/mol. The lowest BCUT2D eigenvalue weighted by Gasteiger charge is -2.24. The lowest BCUT2D eigenvalue weighted by Crippen LogP contribution is -2.29. The Kier molecular flexibility index (Phi) is 5.65. The van der Waals surface area contributed by atoms with Crippen LogP contribution < -0.4 is 0 Å². The summed E-state index contributed by atoms with van der Waals surface area (Å²) in [6.07, 6.45) is 1.72. The molecule has 1 N–H and O–H groups in total. The Morgan fingerprint density at radius 3 is 2.04 bits per heavy atom. The van der Waals surface area contributed by atoms with Crippen molar-refractivity contribution in [2.24, 2.45) is 0 Å². The standard InChI is InChI=1S/C25H30N2O/c1-3-26(4-2)18-22(28)25-24(20-14-9-6-10-15-20)23(19-12-7-5-8-13-19)21-16-11-17-27(21)25/h5-10,12-15,22,28H,3-4,11,16-18H2,1-2H3. The molecule has 0 fully saturated rings. The first kappa shape index (κ1) is 19.0. The van der Waals surface area contributed by atoms with E-state index in [1.54, 1.807) is 0 Å². The van der Waals surface area contributed by atoms with Crippen molar-refractivity contribution in [1.29, 1.82) is 0 Å². The molecule has 0 saturated heterocycles. The highest BCUT2D eigenvalue weighted by atomic mass is 16.3. The molecule has 0 aliphatic carbocycles. The van der Waals surface area contributed by atoms with Crippen LogP contribution in [0.1, 0.15) is 37.8 Å². The average Bonchev–Trinajstić information content (AvgIpc) is 3.33. The number of benzene rings is 2. The molecule has 0 amide bonds. The minimum absolute atomic E-state index is 0.496. The molecule has 0 saturated carbocycles. The Hall–Kier alpha value is -2.36. The second-order valence-corrected chi connectivity index (χ2v) is 7.57. The van der Waals surface area contributed by atoms with Gasteiger partial charge in [-0.2, -0.15) is 0 Å². The van der Waals surface area contributed by atoms with Gasteiger partial charge in [-0.25, -0.2) is 0 Å². The first-order chi connectivity index (χ1) is 13.7. The Bertz CT molecular complexity index is 911. The number of likely N-dealkylation sites (N-methyl/N-ethyl adjacent to an activating group) is 1. The monoisotopic (exact) mass is 374 g/mol. The smallest absolute Gasteiger partial charge is 0.107 e. The summed E-state index contributed by atoms with van der Waals surface area (Å²) in [5, 5.41) is 11.4. The van der Waals surface area contributed by atoms with Crippen molar-refractivity contribution >= 4 is 0 Å². The van der Waals surface area contributed by atoms with Gasteiger partial charge >= 0.3 is 0 Å². The van der Waals surface area contributed by atoms with Crippen molar-refractivity contribution in [3.63, 3.8) is 0 Å². The molecule has 3 nitrogen and oxygen atoms in total. The van der Waals surface area contributed by atoms with Crippen LogP contribution in [0.2, 0.25) is 0 Å². The maximum atomic E-state index is 11.4. The van der Waals surface area contributed by atoms with E-state index in [-0.39, 0.29) is 0 Å². The lowest BCUT2D eigenvalue weighted by atomic mass is 9.92. The van der Waals surface area contributed by atoms with Crippen LogP contribution >= 0.6 is 0 Å². The number of aliphatic hydroxyl groups is 1. The third-order valence-electron chi connectivity index (χ3n) is 5.97. The van der Waals surface area contributed by atoms with E-state index in [4.69, 9.17) is 0 Å². The van der Waals surface area contributed by atoms with Crippen molar-refractivity contribution in [2.75, 3.05) is 19.6 Å². The SMILES string of the molecule is CCN(CC)CC(O)c1c(-c2ccccc2)c(-c2ccccc2)c2n1CCC2. The van der Waals surface area contributed by atoms with Gasteiger partial charge in [0.15, 0.2) is 0 Å². The number of aromatic nitrogens is 1. The fourth-order valence-corrected chi connectivity index (χ4v) is 4.58. The number of hydrogen-bond acceptors (Lipinski definition) is 2. The Morgan fingerprint density at radius 2 is 1.46 bits per heavy atom. The minimum Gasteiger partial charge on any atom is -0.386 e. The Morgan fingerprint density at radius 1 is 0.893 bits per heavy atom. The zero-order chi connectivity index (χ0) is 19.5. The number of hydrogen-bond donors (Lipinski definition) is 1. The molecular formula is C25H30N2O. The van der Waals surface area contributed by atoms with Crippen LogP contribution in [-0.4, -0.2) is 34.2 Å². The molecule has 4 rings (SSSR count). The van der Waals surface area contributed by atoms with Gasteiger partial charge in [0.05, 0.1) is 5.69 Å². The van der Waals surface area contributed by atoms with Crippen LogP contribution in [0.25, 0.3) is 22.3 Å². The largest absolute Gasteiger partial charge is 0.386 e. The van der Waals surface area contributed by atoms with E-state index >= 15 is 0 Å². The quantitative estimate of drug-likeness (QED) is 0.620. The third kappa shape index (κ3) is 3.41. The van der Waals surface area contributed by atoms with Gasteiger partial charge in [0.1, 0.15) is 6.10 Å². The number of rotatable bonds is 7. The summed E-state index contributed by atoms with van der Waals surface area (Å²) in [5.74, 6) is 0. The number of nitrogens with zero attached hydrogens (tertiary/aromatic N) is 2. The van der Waals surface area contributed by atoms with Gasteiger partial charge in [-0.3, -0.25) is 0 Å². The molecule has 1 aliphatic heterocycles. The molecule has 1 aliphatic rings. The van der Waals surface area contributed by atoms with E-state index in [9.17, 15) is 5.11 Å². The lowest BCUT2D eigenvalue weighted by molar-refractivity contribution is 0.113. The van der Waals surface area contributed by atoms with E-state index in [1.807, 2.05) is 0 Å². The van der Waals surface area contributed by atoms with E-state index in [0.29, 0.717) is 6.54 Å². The first-order valence-electron chi connectivity index (χ1n) is 10.5. The van der Waals surface area contributed by atoms with E-state index in [2.05, 4.69) is 84.0 Å². The van der Waals surface area contributed by atoms with Crippen molar-refractivity contribution in [1.82, 2.24) is 9.47 Å².